The molecule has 1 spiro atoms. The molecule has 1 fully saturated rings. The van der Waals surface area contributed by atoms with Gasteiger partial charge in [0.15, 0.2) is 0 Å². The van der Waals surface area contributed by atoms with Crippen molar-refractivity contribution in [2.24, 2.45) is 11.8 Å². The first-order valence-electron chi connectivity index (χ1n) is 18.7. The van der Waals surface area contributed by atoms with Crippen molar-refractivity contribution in [2.45, 2.75) is 31.1 Å². The minimum absolute atomic E-state index is 0.101. The number of nitrogens with zero attached hydrogens (tertiary/aromatic N) is 2. The highest BCUT2D eigenvalue weighted by molar-refractivity contribution is 6.06. The van der Waals surface area contributed by atoms with Gasteiger partial charge in [-0.05, 0) is 127 Å². The van der Waals surface area contributed by atoms with Gasteiger partial charge in [-0.3, -0.25) is 0 Å². The van der Waals surface area contributed by atoms with Crippen LogP contribution >= 0.6 is 0 Å². The number of para-hydroxylation sites is 4. The highest BCUT2D eigenvalue weighted by Gasteiger charge is 2.62. The minimum atomic E-state index is -0.101. The summed E-state index contributed by atoms with van der Waals surface area (Å²) in [4.78, 5) is 5.02. The van der Waals surface area contributed by atoms with E-state index in [0.29, 0.717) is 11.8 Å². The lowest BCUT2D eigenvalue weighted by Crippen LogP contribution is -2.34. The molecule has 3 unspecified atom stereocenters. The Labute approximate surface area is 304 Å². The molecule has 11 rings (SSSR count). The van der Waals surface area contributed by atoms with Crippen LogP contribution in [0, 0.1) is 11.8 Å². The third-order valence-corrected chi connectivity index (χ3v) is 12.3. The summed E-state index contributed by atoms with van der Waals surface area (Å²) < 4.78 is 6.49. The van der Waals surface area contributed by atoms with Crippen molar-refractivity contribution in [2.75, 3.05) is 9.80 Å². The maximum atomic E-state index is 6.49. The monoisotopic (exact) mass is 670 g/mol. The smallest absolute Gasteiger partial charge is 0.137 e. The standard InChI is InChI=1S/C49H38N2O/c1-4-16-37(17-5-1)50(38-18-6-2-7-19-38)43-23-12-14-33-30-35-26-27-36-31-34-15-13-24-44(48(34)49(35,36)47(33)43)51(39-20-8-3-9-21-39)40-28-29-42-41-22-10-11-25-45(41)52-46(42)32-40/h1-25,28-29,32,35-36H,26-27,30-31H2. The predicted molar refractivity (Wildman–Crippen MR) is 214 cm³/mol. The van der Waals surface area contributed by atoms with Crippen molar-refractivity contribution in [3.05, 3.63) is 192 Å². The topological polar surface area (TPSA) is 19.6 Å². The van der Waals surface area contributed by atoms with Crippen molar-refractivity contribution in [1.82, 2.24) is 0 Å². The van der Waals surface area contributed by atoms with Gasteiger partial charge >= 0.3 is 0 Å². The SMILES string of the molecule is c1ccc(N(c2ccccc2)c2cccc3c2C24c5c(cccc5N(c5ccccc5)c5ccc6c(c5)oc5ccccc56)CC2CCC4C3)cc1. The Balaban J connectivity index is 1.17. The van der Waals surface area contributed by atoms with Crippen LogP contribution in [0.1, 0.15) is 35.1 Å². The number of fused-ring (bicyclic) bond motifs is 5. The lowest BCUT2D eigenvalue weighted by atomic mass is 9.68. The van der Waals surface area contributed by atoms with E-state index in [1.807, 2.05) is 6.07 Å². The van der Waals surface area contributed by atoms with Crippen LogP contribution in [0.4, 0.5) is 34.1 Å². The van der Waals surface area contributed by atoms with Gasteiger partial charge in [-0.15, -0.1) is 0 Å². The van der Waals surface area contributed by atoms with Crippen LogP contribution in [0.3, 0.4) is 0 Å². The summed E-state index contributed by atoms with van der Waals surface area (Å²) >= 11 is 0. The molecule has 3 nitrogen and oxygen atoms in total. The molecule has 3 atom stereocenters. The van der Waals surface area contributed by atoms with Crippen molar-refractivity contribution in [3.8, 4) is 0 Å². The van der Waals surface area contributed by atoms with Crippen LogP contribution in [0.25, 0.3) is 21.9 Å². The highest BCUT2D eigenvalue weighted by Crippen LogP contribution is 2.68. The van der Waals surface area contributed by atoms with Crippen molar-refractivity contribution in [3.63, 3.8) is 0 Å². The van der Waals surface area contributed by atoms with Crippen molar-refractivity contribution in [1.29, 1.82) is 0 Å². The van der Waals surface area contributed by atoms with E-state index in [9.17, 15) is 0 Å². The van der Waals surface area contributed by atoms with E-state index in [1.165, 1.54) is 57.8 Å². The molecule has 0 radical (unpaired) electrons. The average Bonchev–Trinajstić information content (AvgIpc) is 3.93. The van der Waals surface area contributed by atoms with Gasteiger partial charge in [0.05, 0.1) is 11.4 Å². The molecule has 0 N–H and O–H groups in total. The van der Waals surface area contributed by atoms with Crippen LogP contribution in [0.15, 0.2) is 174 Å². The molecule has 0 aliphatic heterocycles. The summed E-state index contributed by atoms with van der Waals surface area (Å²) in [5.74, 6) is 1.08. The normalized spacial score (nSPS) is 19.7. The van der Waals surface area contributed by atoms with Crippen LogP contribution in [-0.4, -0.2) is 0 Å². The molecule has 3 heteroatoms. The third-order valence-electron chi connectivity index (χ3n) is 12.3. The molecule has 52 heavy (non-hydrogen) atoms. The Kier molecular flexibility index (Phi) is 6.55. The fourth-order valence-electron chi connectivity index (χ4n) is 10.5. The zero-order chi connectivity index (χ0) is 34.2. The van der Waals surface area contributed by atoms with E-state index in [2.05, 4.69) is 174 Å². The van der Waals surface area contributed by atoms with E-state index >= 15 is 0 Å². The lowest BCUT2D eigenvalue weighted by molar-refractivity contribution is 0.350. The van der Waals surface area contributed by atoms with Gasteiger partial charge in [-0.2, -0.15) is 0 Å². The molecule has 0 saturated heterocycles. The van der Waals surface area contributed by atoms with E-state index in [4.69, 9.17) is 4.42 Å². The van der Waals surface area contributed by atoms with Crippen LogP contribution in [-0.2, 0) is 18.3 Å². The maximum absolute atomic E-state index is 6.49. The summed E-state index contributed by atoms with van der Waals surface area (Å²) in [6, 6.07) is 62.1. The Morgan fingerprint density at radius 2 is 0.904 bits per heavy atom. The van der Waals surface area contributed by atoms with Gasteiger partial charge in [0.2, 0.25) is 0 Å². The molecular weight excluding hydrogens is 633 g/mol. The second kappa shape index (κ2) is 11.5. The number of hydrogen-bond donors (Lipinski definition) is 0. The van der Waals surface area contributed by atoms with Crippen molar-refractivity contribution < 1.29 is 4.42 Å². The van der Waals surface area contributed by atoms with Crippen LogP contribution in [0.5, 0.6) is 0 Å². The zero-order valence-electron chi connectivity index (χ0n) is 29.0. The summed E-state index contributed by atoms with van der Waals surface area (Å²) in [5.41, 5.74) is 15.0. The lowest BCUT2D eigenvalue weighted by Gasteiger charge is -2.40. The first kappa shape index (κ1) is 29.6. The number of rotatable bonds is 6. The third kappa shape index (κ3) is 4.20. The molecule has 0 bridgehead atoms. The molecule has 0 amide bonds. The highest BCUT2D eigenvalue weighted by atomic mass is 16.3. The first-order valence-corrected chi connectivity index (χ1v) is 18.7. The van der Waals surface area contributed by atoms with Crippen LogP contribution in [0.2, 0.25) is 0 Å². The second-order valence-electron chi connectivity index (χ2n) is 14.8. The molecule has 3 aliphatic rings. The van der Waals surface area contributed by atoms with E-state index in [-0.39, 0.29) is 5.41 Å². The maximum Gasteiger partial charge on any atom is 0.137 e. The van der Waals surface area contributed by atoms with Gasteiger partial charge in [0.25, 0.3) is 0 Å². The molecule has 1 aromatic heterocycles. The molecule has 8 aromatic rings. The molecule has 7 aromatic carbocycles. The fourth-order valence-corrected chi connectivity index (χ4v) is 10.5. The predicted octanol–water partition coefficient (Wildman–Crippen LogP) is 13.0. The number of hydrogen-bond acceptors (Lipinski definition) is 3. The van der Waals surface area contributed by atoms with E-state index in [0.717, 1.165) is 46.2 Å². The van der Waals surface area contributed by atoms with Gasteiger partial charge in [-0.25, -0.2) is 0 Å². The molecule has 1 saturated carbocycles. The second-order valence-corrected chi connectivity index (χ2v) is 14.8. The van der Waals surface area contributed by atoms with Crippen molar-refractivity contribution >= 4 is 56.1 Å². The fraction of sp³-hybridized carbons (Fsp3) is 0.143. The number of benzene rings is 7. The number of furan rings is 1. The van der Waals surface area contributed by atoms with Gasteiger partial charge in [-0.1, -0.05) is 97.1 Å². The zero-order valence-corrected chi connectivity index (χ0v) is 29.0. The Morgan fingerprint density at radius 3 is 1.46 bits per heavy atom. The van der Waals surface area contributed by atoms with Gasteiger partial charge in [0, 0.05) is 45.0 Å². The molecule has 250 valence electrons. The molecule has 1 heterocycles. The van der Waals surface area contributed by atoms with E-state index < -0.39 is 0 Å². The summed E-state index contributed by atoms with van der Waals surface area (Å²) in [5, 5.41) is 2.30. The molecule has 3 aliphatic carbocycles. The van der Waals surface area contributed by atoms with E-state index in [1.54, 1.807) is 0 Å². The average molecular weight is 671 g/mol. The summed E-state index contributed by atoms with van der Waals surface area (Å²) in [6.45, 7) is 0. The molecular formula is C49H38N2O. The largest absolute Gasteiger partial charge is 0.456 e. The van der Waals surface area contributed by atoms with Gasteiger partial charge in [0.1, 0.15) is 11.2 Å². The minimum Gasteiger partial charge on any atom is -0.456 e. The van der Waals surface area contributed by atoms with Crippen LogP contribution < -0.4 is 9.80 Å². The summed E-state index contributed by atoms with van der Waals surface area (Å²) in [6.07, 6.45) is 4.72. The quantitative estimate of drug-likeness (QED) is 0.176. The first-order chi connectivity index (χ1) is 25.8. The Bertz CT molecular complexity index is 2560. The number of anilines is 6. The van der Waals surface area contributed by atoms with Gasteiger partial charge < -0.3 is 14.2 Å². The Morgan fingerprint density at radius 1 is 0.423 bits per heavy atom. The summed E-state index contributed by atoms with van der Waals surface area (Å²) in [7, 11) is 0. The Hall–Kier alpha value is -6.06.